The standard InChI is InChI=1S/C13H11BrClN5O/c1-19-13(21)12(14)10(5-17-19)16-4-9-7-20-6-8(15)2-3-11(20)18-9/h2-3,5-7,16H,4H2,1H3. The molecule has 0 aliphatic carbocycles. The van der Waals surface area contributed by atoms with Crippen molar-refractivity contribution in [2.75, 3.05) is 5.32 Å². The Morgan fingerprint density at radius 3 is 3.00 bits per heavy atom. The van der Waals surface area contributed by atoms with Crippen LogP contribution in [0.1, 0.15) is 5.69 Å². The van der Waals surface area contributed by atoms with Crippen LogP contribution in [0.25, 0.3) is 5.65 Å². The van der Waals surface area contributed by atoms with Gasteiger partial charge in [0.2, 0.25) is 0 Å². The number of nitrogens with one attached hydrogen (secondary N) is 1. The highest BCUT2D eigenvalue weighted by atomic mass is 79.9. The van der Waals surface area contributed by atoms with E-state index in [1.54, 1.807) is 25.5 Å². The number of halogens is 2. The van der Waals surface area contributed by atoms with Gasteiger partial charge in [0.25, 0.3) is 5.56 Å². The molecule has 0 aliphatic rings. The van der Waals surface area contributed by atoms with Crippen LogP contribution < -0.4 is 10.9 Å². The molecule has 0 amide bonds. The number of hydrogen-bond donors (Lipinski definition) is 1. The number of aromatic nitrogens is 4. The molecule has 3 heterocycles. The number of nitrogens with zero attached hydrogens (tertiary/aromatic N) is 4. The number of pyridine rings is 1. The molecule has 0 aliphatic heterocycles. The number of fused-ring (bicyclic) bond motifs is 1. The van der Waals surface area contributed by atoms with Gasteiger partial charge in [0, 0.05) is 19.4 Å². The van der Waals surface area contributed by atoms with Gasteiger partial charge >= 0.3 is 0 Å². The first-order valence-corrected chi connectivity index (χ1v) is 7.30. The van der Waals surface area contributed by atoms with E-state index in [1.165, 1.54) is 4.68 Å². The predicted molar refractivity (Wildman–Crippen MR) is 84.7 cm³/mol. The number of anilines is 1. The maximum Gasteiger partial charge on any atom is 0.282 e. The van der Waals surface area contributed by atoms with Gasteiger partial charge in [0.15, 0.2) is 0 Å². The molecule has 0 bridgehead atoms. The van der Waals surface area contributed by atoms with Crippen molar-refractivity contribution in [3.05, 3.63) is 56.3 Å². The van der Waals surface area contributed by atoms with Crippen LogP contribution in [0.4, 0.5) is 5.69 Å². The molecule has 0 unspecified atom stereocenters. The van der Waals surface area contributed by atoms with E-state index in [-0.39, 0.29) is 5.56 Å². The molecule has 8 heteroatoms. The molecule has 21 heavy (non-hydrogen) atoms. The molecule has 0 radical (unpaired) electrons. The smallest absolute Gasteiger partial charge is 0.282 e. The fourth-order valence-electron chi connectivity index (χ4n) is 1.92. The highest BCUT2D eigenvalue weighted by molar-refractivity contribution is 9.10. The van der Waals surface area contributed by atoms with Gasteiger partial charge in [0.1, 0.15) is 10.1 Å². The third-order valence-corrected chi connectivity index (χ3v) is 3.99. The number of rotatable bonds is 3. The largest absolute Gasteiger partial charge is 0.377 e. The Kier molecular flexibility index (Phi) is 3.69. The lowest BCUT2D eigenvalue weighted by Crippen LogP contribution is -2.21. The summed E-state index contributed by atoms with van der Waals surface area (Å²) in [6.45, 7) is 0.479. The van der Waals surface area contributed by atoms with E-state index in [2.05, 4.69) is 31.3 Å². The molecule has 0 aromatic carbocycles. The molecule has 0 saturated carbocycles. The maximum atomic E-state index is 11.8. The molecular weight excluding hydrogens is 358 g/mol. The van der Waals surface area contributed by atoms with E-state index in [9.17, 15) is 4.79 Å². The van der Waals surface area contributed by atoms with Crippen molar-refractivity contribution in [1.29, 1.82) is 0 Å². The van der Waals surface area contributed by atoms with Gasteiger partial charge in [0.05, 0.1) is 29.1 Å². The highest BCUT2D eigenvalue weighted by Gasteiger charge is 2.08. The lowest BCUT2D eigenvalue weighted by molar-refractivity contribution is 0.703. The normalized spacial score (nSPS) is 11.0. The Bertz CT molecular complexity index is 873. The average Bonchev–Trinajstić information content (AvgIpc) is 2.86. The SMILES string of the molecule is Cn1ncc(NCc2cn3cc(Cl)ccc3n2)c(Br)c1=O. The van der Waals surface area contributed by atoms with Gasteiger partial charge in [-0.3, -0.25) is 4.79 Å². The van der Waals surface area contributed by atoms with Crippen LogP contribution in [-0.4, -0.2) is 19.2 Å². The Balaban J connectivity index is 1.83. The van der Waals surface area contributed by atoms with E-state index in [1.807, 2.05) is 16.7 Å². The van der Waals surface area contributed by atoms with Gasteiger partial charge in [-0.05, 0) is 28.1 Å². The predicted octanol–water partition coefficient (Wildman–Crippen LogP) is 2.46. The van der Waals surface area contributed by atoms with Gasteiger partial charge < -0.3 is 9.72 Å². The summed E-state index contributed by atoms with van der Waals surface area (Å²) in [5.41, 5.74) is 2.09. The summed E-state index contributed by atoms with van der Waals surface area (Å²) >= 11 is 9.21. The molecule has 6 nitrogen and oxygen atoms in total. The van der Waals surface area contributed by atoms with Crippen molar-refractivity contribution in [2.24, 2.45) is 7.05 Å². The van der Waals surface area contributed by atoms with Crippen molar-refractivity contribution in [1.82, 2.24) is 19.2 Å². The van der Waals surface area contributed by atoms with Gasteiger partial charge in [-0.2, -0.15) is 5.10 Å². The van der Waals surface area contributed by atoms with Gasteiger partial charge in [-0.1, -0.05) is 11.6 Å². The van der Waals surface area contributed by atoms with Crippen LogP contribution in [0.3, 0.4) is 0 Å². The van der Waals surface area contributed by atoms with Crippen LogP contribution in [0, 0.1) is 0 Å². The van der Waals surface area contributed by atoms with Crippen LogP contribution in [0.5, 0.6) is 0 Å². The Morgan fingerprint density at radius 1 is 1.38 bits per heavy atom. The summed E-state index contributed by atoms with van der Waals surface area (Å²) in [7, 11) is 1.60. The summed E-state index contributed by atoms with van der Waals surface area (Å²) in [5.74, 6) is 0. The molecule has 0 atom stereocenters. The molecule has 3 aromatic heterocycles. The summed E-state index contributed by atoms with van der Waals surface area (Å²) in [5, 5.41) is 7.77. The third-order valence-electron chi connectivity index (χ3n) is 3.00. The zero-order valence-corrected chi connectivity index (χ0v) is 13.4. The third kappa shape index (κ3) is 2.79. The first-order chi connectivity index (χ1) is 10.0. The van der Waals surface area contributed by atoms with E-state index in [0.717, 1.165) is 11.3 Å². The Morgan fingerprint density at radius 2 is 2.19 bits per heavy atom. The molecule has 3 rings (SSSR count). The number of hydrogen-bond acceptors (Lipinski definition) is 4. The summed E-state index contributed by atoms with van der Waals surface area (Å²) in [6, 6.07) is 3.64. The zero-order valence-electron chi connectivity index (χ0n) is 11.0. The second-order valence-electron chi connectivity index (χ2n) is 4.50. The lowest BCUT2D eigenvalue weighted by Gasteiger charge is -2.06. The minimum absolute atomic E-state index is 0.193. The van der Waals surface area contributed by atoms with Crippen molar-refractivity contribution in [3.8, 4) is 0 Å². The second kappa shape index (κ2) is 5.50. The topological polar surface area (TPSA) is 64.2 Å². The van der Waals surface area contributed by atoms with Crippen molar-refractivity contribution < 1.29 is 0 Å². The fourth-order valence-corrected chi connectivity index (χ4v) is 2.59. The van der Waals surface area contributed by atoms with Crippen molar-refractivity contribution in [3.63, 3.8) is 0 Å². The number of aryl methyl sites for hydroxylation is 1. The first-order valence-electron chi connectivity index (χ1n) is 6.13. The zero-order chi connectivity index (χ0) is 15.0. The average molecular weight is 369 g/mol. The van der Waals surface area contributed by atoms with Gasteiger partial charge in [-0.15, -0.1) is 0 Å². The van der Waals surface area contributed by atoms with E-state index < -0.39 is 0 Å². The summed E-state index contributed by atoms with van der Waals surface area (Å²) in [6.07, 6.45) is 5.28. The molecule has 0 saturated heterocycles. The minimum Gasteiger partial charge on any atom is -0.377 e. The number of imidazole rings is 1. The van der Waals surface area contributed by atoms with E-state index in [4.69, 9.17) is 11.6 Å². The van der Waals surface area contributed by atoms with Gasteiger partial charge in [-0.25, -0.2) is 9.67 Å². The van der Waals surface area contributed by atoms with E-state index in [0.29, 0.717) is 21.7 Å². The van der Waals surface area contributed by atoms with Crippen LogP contribution >= 0.6 is 27.5 Å². The van der Waals surface area contributed by atoms with Crippen molar-refractivity contribution >= 4 is 38.9 Å². The second-order valence-corrected chi connectivity index (χ2v) is 5.73. The Hall–Kier alpha value is -1.86. The van der Waals surface area contributed by atoms with Crippen LogP contribution in [-0.2, 0) is 13.6 Å². The fraction of sp³-hybridized carbons (Fsp3) is 0.154. The molecular formula is C13H11BrClN5O. The molecule has 3 aromatic rings. The van der Waals surface area contributed by atoms with Crippen LogP contribution in [0.2, 0.25) is 5.02 Å². The molecule has 108 valence electrons. The quantitative estimate of drug-likeness (QED) is 0.771. The monoisotopic (exact) mass is 367 g/mol. The molecule has 0 fully saturated rings. The molecule has 0 spiro atoms. The summed E-state index contributed by atoms with van der Waals surface area (Å²) in [4.78, 5) is 16.2. The Labute approximate surface area is 133 Å². The summed E-state index contributed by atoms with van der Waals surface area (Å²) < 4.78 is 3.57. The van der Waals surface area contributed by atoms with Crippen LogP contribution in [0.15, 0.2) is 40.0 Å². The van der Waals surface area contributed by atoms with Crippen molar-refractivity contribution in [2.45, 2.75) is 6.54 Å². The lowest BCUT2D eigenvalue weighted by atomic mass is 10.4. The minimum atomic E-state index is -0.193. The first kappa shape index (κ1) is 14.1. The maximum absolute atomic E-state index is 11.8. The molecule has 1 N–H and O–H groups in total. The highest BCUT2D eigenvalue weighted by Crippen LogP contribution is 2.17. The van der Waals surface area contributed by atoms with E-state index >= 15 is 0 Å².